The summed E-state index contributed by atoms with van der Waals surface area (Å²) in [6.45, 7) is 3.41. The van der Waals surface area contributed by atoms with Crippen LogP contribution in [-0.4, -0.2) is 42.6 Å². The Labute approximate surface area is 116 Å². The van der Waals surface area contributed by atoms with Gasteiger partial charge in [-0.2, -0.15) is 0 Å². The van der Waals surface area contributed by atoms with Crippen LogP contribution >= 0.6 is 11.6 Å². The highest BCUT2D eigenvalue weighted by molar-refractivity contribution is 7.88. The fourth-order valence-corrected chi connectivity index (χ4v) is 2.60. The van der Waals surface area contributed by atoms with Crippen molar-refractivity contribution in [3.8, 4) is 0 Å². The summed E-state index contributed by atoms with van der Waals surface area (Å²) in [5.41, 5.74) is -0.738. The van der Waals surface area contributed by atoms with Crippen LogP contribution in [0.15, 0.2) is 12.4 Å². The number of halogens is 1. The van der Waals surface area contributed by atoms with Crippen LogP contribution in [-0.2, 0) is 10.0 Å². The van der Waals surface area contributed by atoms with Crippen molar-refractivity contribution in [2.24, 2.45) is 0 Å². The van der Waals surface area contributed by atoms with Gasteiger partial charge in [0.1, 0.15) is 10.8 Å². The molecule has 1 heterocycles. The lowest BCUT2D eigenvalue weighted by molar-refractivity contribution is 0.0939. The van der Waals surface area contributed by atoms with Gasteiger partial charge in [0.2, 0.25) is 10.0 Å². The predicted octanol–water partition coefficient (Wildman–Crippen LogP) is 0.188. The maximum absolute atomic E-state index is 11.8. The molecule has 7 nitrogen and oxygen atoms in total. The summed E-state index contributed by atoms with van der Waals surface area (Å²) in [6, 6.07) is 0. The molecule has 9 heteroatoms. The molecule has 0 fully saturated rings. The molecule has 0 saturated carbocycles. The number of aromatic nitrogens is 2. The summed E-state index contributed by atoms with van der Waals surface area (Å²) < 4.78 is 24.7. The van der Waals surface area contributed by atoms with Gasteiger partial charge in [-0.15, -0.1) is 0 Å². The second-order valence-electron chi connectivity index (χ2n) is 4.67. The molecule has 0 radical (unpaired) electrons. The zero-order valence-corrected chi connectivity index (χ0v) is 12.3. The summed E-state index contributed by atoms with van der Waals surface area (Å²) in [5.74, 6) is -0.474. The first-order valence-corrected chi connectivity index (χ1v) is 7.61. The van der Waals surface area contributed by atoms with Crippen LogP contribution in [0.1, 0.15) is 24.3 Å². The Morgan fingerprint density at radius 2 is 2.05 bits per heavy atom. The molecular weight excluding hydrogens is 292 g/mol. The van der Waals surface area contributed by atoms with Gasteiger partial charge in [-0.1, -0.05) is 11.6 Å². The quantitative estimate of drug-likeness (QED) is 0.808. The van der Waals surface area contributed by atoms with Crippen molar-refractivity contribution in [1.29, 1.82) is 0 Å². The zero-order valence-electron chi connectivity index (χ0n) is 10.8. The average molecular weight is 307 g/mol. The van der Waals surface area contributed by atoms with Crippen molar-refractivity contribution in [2.75, 3.05) is 12.8 Å². The Morgan fingerprint density at radius 3 is 2.58 bits per heavy atom. The lowest BCUT2D eigenvalue weighted by Gasteiger charge is -2.25. The van der Waals surface area contributed by atoms with Crippen LogP contribution in [0.3, 0.4) is 0 Å². The van der Waals surface area contributed by atoms with E-state index in [1.807, 2.05) is 0 Å². The third-order valence-electron chi connectivity index (χ3n) is 1.99. The summed E-state index contributed by atoms with van der Waals surface area (Å²) in [4.78, 5) is 19.3. The average Bonchev–Trinajstić information content (AvgIpc) is 2.22. The normalized spacial score (nSPS) is 12.2. The molecule has 106 valence electrons. The third-order valence-corrected chi connectivity index (χ3v) is 3.10. The van der Waals surface area contributed by atoms with Crippen molar-refractivity contribution < 1.29 is 13.2 Å². The van der Waals surface area contributed by atoms with Gasteiger partial charge >= 0.3 is 0 Å². The molecule has 19 heavy (non-hydrogen) atoms. The molecule has 0 atom stereocenters. The van der Waals surface area contributed by atoms with Crippen molar-refractivity contribution >= 4 is 27.5 Å². The monoisotopic (exact) mass is 306 g/mol. The number of sulfonamides is 1. The standard InChI is InChI=1S/C10H15ClN4O3S/c1-10(2,15-19(3,17)18)6-13-9(16)7-4-12-5-8(11)14-7/h4-5,15H,6H2,1-3H3,(H,13,16). The van der Waals surface area contributed by atoms with Gasteiger partial charge in [-0.25, -0.2) is 18.1 Å². The first-order chi connectivity index (χ1) is 8.59. The number of carbonyl (C=O) groups excluding carboxylic acids is 1. The zero-order chi connectivity index (χ0) is 14.7. The van der Waals surface area contributed by atoms with Gasteiger partial charge in [-0.3, -0.25) is 9.78 Å². The van der Waals surface area contributed by atoms with Crippen LogP contribution in [0.4, 0.5) is 0 Å². The molecule has 0 aromatic carbocycles. The van der Waals surface area contributed by atoms with E-state index in [1.54, 1.807) is 13.8 Å². The molecule has 0 unspecified atom stereocenters. The summed E-state index contributed by atoms with van der Waals surface area (Å²) in [6.07, 6.45) is 3.64. The Morgan fingerprint density at radius 1 is 1.42 bits per heavy atom. The highest BCUT2D eigenvalue weighted by atomic mass is 35.5. The Hall–Kier alpha value is -1.25. The number of hydrogen-bond donors (Lipinski definition) is 2. The molecule has 1 rings (SSSR count). The van der Waals surface area contributed by atoms with E-state index < -0.39 is 21.5 Å². The lowest BCUT2D eigenvalue weighted by atomic mass is 10.1. The number of nitrogens with one attached hydrogen (secondary N) is 2. The van der Waals surface area contributed by atoms with E-state index in [0.717, 1.165) is 6.26 Å². The van der Waals surface area contributed by atoms with E-state index in [4.69, 9.17) is 11.6 Å². The second kappa shape index (κ2) is 5.81. The van der Waals surface area contributed by atoms with Gasteiger partial charge in [0.25, 0.3) is 5.91 Å². The van der Waals surface area contributed by atoms with Gasteiger partial charge in [-0.05, 0) is 13.8 Å². The number of hydrogen-bond acceptors (Lipinski definition) is 5. The van der Waals surface area contributed by atoms with Crippen molar-refractivity contribution in [3.63, 3.8) is 0 Å². The van der Waals surface area contributed by atoms with Gasteiger partial charge in [0.15, 0.2) is 0 Å². The molecule has 0 spiro atoms. The number of rotatable bonds is 5. The molecule has 0 aliphatic rings. The molecular formula is C10H15ClN4O3S. The van der Waals surface area contributed by atoms with E-state index >= 15 is 0 Å². The smallest absolute Gasteiger partial charge is 0.271 e. The van der Waals surface area contributed by atoms with Crippen LogP contribution in [0.2, 0.25) is 5.15 Å². The van der Waals surface area contributed by atoms with Gasteiger partial charge in [0, 0.05) is 12.1 Å². The molecule has 0 bridgehead atoms. The molecule has 0 saturated heterocycles. The number of carbonyl (C=O) groups is 1. The molecule has 1 aromatic heterocycles. The second-order valence-corrected chi connectivity index (χ2v) is 6.80. The van der Waals surface area contributed by atoms with Crippen LogP contribution in [0, 0.1) is 0 Å². The molecule has 1 aromatic rings. The summed E-state index contributed by atoms with van der Waals surface area (Å²) in [7, 11) is -3.35. The van der Waals surface area contributed by atoms with Crippen molar-refractivity contribution in [1.82, 2.24) is 20.0 Å². The van der Waals surface area contributed by atoms with Crippen LogP contribution in [0.5, 0.6) is 0 Å². The van der Waals surface area contributed by atoms with Crippen molar-refractivity contribution in [2.45, 2.75) is 19.4 Å². The van der Waals surface area contributed by atoms with E-state index in [-0.39, 0.29) is 17.4 Å². The van der Waals surface area contributed by atoms with Crippen LogP contribution in [0.25, 0.3) is 0 Å². The first kappa shape index (κ1) is 15.8. The minimum Gasteiger partial charge on any atom is -0.349 e. The fraction of sp³-hybridized carbons (Fsp3) is 0.500. The Bertz CT molecular complexity index is 574. The van der Waals surface area contributed by atoms with E-state index in [2.05, 4.69) is 20.0 Å². The van der Waals surface area contributed by atoms with Crippen LogP contribution < -0.4 is 10.0 Å². The number of nitrogens with zero attached hydrogens (tertiary/aromatic N) is 2. The van der Waals surface area contributed by atoms with E-state index in [9.17, 15) is 13.2 Å². The highest BCUT2D eigenvalue weighted by Gasteiger charge is 2.23. The minimum absolute atomic E-state index is 0.0719. The first-order valence-electron chi connectivity index (χ1n) is 5.34. The largest absolute Gasteiger partial charge is 0.349 e. The Balaban J connectivity index is 2.64. The van der Waals surface area contributed by atoms with E-state index in [1.165, 1.54) is 12.4 Å². The highest BCUT2D eigenvalue weighted by Crippen LogP contribution is 2.04. The van der Waals surface area contributed by atoms with E-state index in [0.29, 0.717) is 0 Å². The SMILES string of the molecule is CC(C)(CNC(=O)c1cncc(Cl)n1)NS(C)(=O)=O. The maximum Gasteiger partial charge on any atom is 0.271 e. The predicted molar refractivity (Wildman–Crippen MR) is 71.4 cm³/mol. The molecule has 0 aliphatic heterocycles. The molecule has 1 amide bonds. The molecule has 0 aliphatic carbocycles. The van der Waals surface area contributed by atoms with Gasteiger partial charge in [0.05, 0.1) is 18.6 Å². The minimum atomic E-state index is -3.35. The third kappa shape index (κ3) is 5.95. The fourth-order valence-electron chi connectivity index (χ4n) is 1.38. The molecule has 2 N–H and O–H groups in total. The Kier molecular flexibility index (Phi) is 4.83. The van der Waals surface area contributed by atoms with Gasteiger partial charge < -0.3 is 5.32 Å². The lowest BCUT2D eigenvalue weighted by Crippen LogP contribution is -2.51. The topological polar surface area (TPSA) is 101 Å². The maximum atomic E-state index is 11.8. The summed E-state index contributed by atoms with van der Waals surface area (Å²) in [5, 5.41) is 2.67. The number of amides is 1. The van der Waals surface area contributed by atoms with Crippen molar-refractivity contribution in [3.05, 3.63) is 23.2 Å². The summed E-state index contributed by atoms with van der Waals surface area (Å²) >= 11 is 5.62.